The van der Waals surface area contributed by atoms with Crippen molar-refractivity contribution in [3.05, 3.63) is 22.8 Å². The fourth-order valence-corrected chi connectivity index (χ4v) is 2.99. The van der Waals surface area contributed by atoms with Crippen molar-refractivity contribution in [1.82, 2.24) is 15.3 Å². The highest BCUT2D eigenvalue weighted by molar-refractivity contribution is 5.89. The molecule has 0 atom stereocenters. The maximum atomic E-state index is 11.9. The number of hydrogen-bond acceptors (Lipinski definition) is 5. The number of ether oxygens (including phenoxy) is 1. The Balaban J connectivity index is 2.04. The highest BCUT2D eigenvalue weighted by Gasteiger charge is 2.26. The van der Waals surface area contributed by atoms with E-state index in [-0.39, 0.29) is 5.97 Å². The first kappa shape index (κ1) is 12.5. The highest BCUT2D eigenvalue weighted by Crippen LogP contribution is 2.33. The SMILES string of the molecule is COC(=O)c1nc(C2CCCC2)nc2c1CNCC2. The molecule has 3 rings (SSSR count). The summed E-state index contributed by atoms with van der Waals surface area (Å²) in [4.78, 5) is 21.1. The number of methoxy groups -OCH3 is 1. The standard InChI is InChI=1S/C14H19N3O2/c1-19-14(18)12-10-8-15-7-6-11(10)16-13(17-12)9-4-2-3-5-9/h9,15H,2-8H2,1H3. The summed E-state index contributed by atoms with van der Waals surface area (Å²) in [7, 11) is 1.41. The minimum absolute atomic E-state index is 0.346. The van der Waals surface area contributed by atoms with Crippen LogP contribution in [-0.4, -0.2) is 29.6 Å². The Labute approximate surface area is 112 Å². The third kappa shape index (κ3) is 2.34. The summed E-state index contributed by atoms with van der Waals surface area (Å²) < 4.78 is 4.86. The molecule has 1 N–H and O–H groups in total. The summed E-state index contributed by atoms with van der Waals surface area (Å²) in [6, 6.07) is 0. The van der Waals surface area contributed by atoms with E-state index < -0.39 is 0 Å². The summed E-state index contributed by atoms with van der Waals surface area (Å²) in [6.07, 6.45) is 5.61. The van der Waals surface area contributed by atoms with E-state index in [4.69, 9.17) is 9.72 Å². The molecule has 0 spiro atoms. The van der Waals surface area contributed by atoms with Gasteiger partial charge in [0.25, 0.3) is 0 Å². The molecule has 1 aliphatic heterocycles. The van der Waals surface area contributed by atoms with Gasteiger partial charge in [0, 0.05) is 31.0 Å². The molecule has 0 aromatic carbocycles. The van der Waals surface area contributed by atoms with Crippen LogP contribution in [-0.2, 0) is 17.7 Å². The second-order valence-electron chi connectivity index (χ2n) is 5.26. The summed E-state index contributed by atoms with van der Waals surface area (Å²) in [5, 5.41) is 3.26. The molecule has 2 aliphatic rings. The Hall–Kier alpha value is -1.49. The van der Waals surface area contributed by atoms with Gasteiger partial charge in [0.05, 0.1) is 12.8 Å². The monoisotopic (exact) mass is 261 g/mol. The molecule has 0 radical (unpaired) electrons. The number of fused-ring (bicyclic) bond motifs is 1. The van der Waals surface area contributed by atoms with E-state index in [2.05, 4.69) is 10.3 Å². The van der Waals surface area contributed by atoms with E-state index in [0.29, 0.717) is 18.2 Å². The van der Waals surface area contributed by atoms with Gasteiger partial charge in [0.1, 0.15) is 5.82 Å². The molecule has 1 aromatic heterocycles. The lowest BCUT2D eigenvalue weighted by atomic mass is 10.0. The van der Waals surface area contributed by atoms with Crippen LogP contribution in [0.1, 0.15) is 59.2 Å². The summed E-state index contributed by atoms with van der Waals surface area (Å²) in [5.74, 6) is 0.920. The molecule has 5 nitrogen and oxygen atoms in total. The molecule has 102 valence electrons. The van der Waals surface area contributed by atoms with E-state index in [1.54, 1.807) is 0 Å². The number of hydrogen-bond donors (Lipinski definition) is 1. The fourth-order valence-electron chi connectivity index (χ4n) is 2.99. The van der Waals surface area contributed by atoms with Crippen LogP contribution < -0.4 is 5.32 Å². The number of nitrogens with one attached hydrogen (secondary N) is 1. The van der Waals surface area contributed by atoms with Crippen molar-refractivity contribution in [2.45, 2.75) is 44.6 Å². The third-order valence-corrected chi connectivity index (χ3v) is 4.05. The zero-order chi connectivity index (χ0) is 13.2. The van der Waals surface area contributed by atoms with Crippen LogP contribution in [0.15, 0.2) is 0 Å². The van der Waals surface area contributed by atoms with Crippen LogP contribution in [0.5, 0.6) is 0 Å². The molecular formula is C14H19N3O2. The van der Waals surface area contributed by atoms with Crippen LogP contribution >= 0.6 is 0 Å². The van der Waals surface area contributed by atoms with Gasteiger partial charge in [-0.25, -0.2) is 14.8 Å². The molecule has 1 saturated carbocycles. The molecule has 1 aromatic rings. The van der Waals surface area contributed by atoms with Gasteiger partial charge >= 0.3 is 5.97 Å². The lowest BCUT2D eigenvalue weighted by Crippen LogP contribution is -2.29. The quantitative estimate of drug-likeness (QED) is 0.819. The van der Waals surface area contributed by atoms with Crippen LogP contribution in [0.2, 0.25) is 0 Å². The number of rotatable bonds is 2. The Morgan fingerprint density at radius 3 is 2.84 bits per heavy atom. The maximum absolute atomic E-state index is 11.9. The third-order valence-electron chi connectivity index (χ3n) is 4.05. The Bertz CT molecular complexity index is 496. The van der Waals surface area contributed by atoms with Crippen molar-refractivity contribution in [1.29, 1.82) is 0 Å². The predicted octanol–water partition coefficient (Wildman–Crippen LogP) is 1.57. The van der Waals surface area contributed by atoms with Gasteiger partial charge in [-0.1, -0.05) is 12.8 Å². The Morgan fingerprint density at radius 2 is 2.11 bits per heavy atom. The molecule has 19 heavy (non-hydrogen) atoms. The number of carbonyl (C=O) groups excluding carboxylic acids is 1. The van der Waals surface area contributed by atoms with Gasteiger partial charge in [-0.05, 0) is 12.8 Å². The number of carbonyl (C=O) groups is 1. The first-order valence-electron chi connectivity index (χ1n) is 6.98. The first-order chi connectivity index (χ1) is 9.29. The minimum Gasteiger partial charge on any atom is -0.464 e. The zero-order valence-electron chi connectivity index (χ0n) is 11.2. The van der Waals surface area contributed by atoms with E-state index in [1.165, 1.54) is 20.0 Å². The summed E-state index contributed by atoms with van der Waals surface area (Å²) in [5.41, 5.74) is 2.40. The van der Waals surface area contributed by atoms with Crippen LogP contribution in [0.25, 0.3) is 0 Å². The van der Waals surface area contributed by atoms with E-state index >= 15 is 0 Å². The van der Waals surface area contributed by atoms with Crippen molar-refractivity contribution >= 4 is 5.97 Å². The number of esters is 1. The molecule has 2 heterocycles. The fraction of sp³-hybridized carbons (Fsp3) is 0.643. The lowest BCUT2D eigenvalue weighted by Gasteiger charge is -2.20. The highest BCUT2D eigenvalue weighted by atomic mass is 16.5. The topological polar surface area (TPSA) is 64.1 Å². The normalized spacial score (nSPS) is 19.2. The maximum Gasteiger partial charge on any atom is 0.357 e. The first-order valence-corrected chi connectivity index (χ1v) is 6.98. The summed E-state index contributed by atoms with van der Waals surface area (Å²) in [6.45, 7) is 1.57. The Morgan fingerprint density at radius 1 is 1.32 bits per heavy atom. The van der Waals surface area contributed by atoms with E-state index in [1.807, 2.05) is 0 Å². The van der Waals surface area contributed by atoms with Crippen molar-refractivity contribution in [3.8, 4) is 0 Å². The molecule has 0 unspecified atom stereocenters. The average molecular weight is 261 g/mol. The van der Waals surface area contributed by atoms with Gasteiger partial charge < -0.3 is 10.1 Å². The molecule has 1 aliphatic carbocycles. The largest absolute Gasteiger partial charge is 0.464 e. The van der Waals surface area contributed by atoms with Crippen molar-refractivity contribution in [2.75, 3.05) is 13.7 Å². The van der Waals surface area contributed by atoms with Crippen molar-refractivity contribution < 1.29 is 9.53 Å². The number of aromatic nitrogens is 2. The second kappa shape index (κ2) is 5.25. The van der Waals surface area contributed by atoms with Crippen molar-refractivity contribution in [2.24, 2.45) is 0 Å². The average Bonchev–Trinajstić information content (AvgIpc) is 2.99. The second-order valence-corrected chi connectivity index (χ2v) is 5.26. The van der Waals surface area contributed by atoms with Crippen LogP contribution in [0, 0.1) is 0 Å². The molecule has 1 fully saturated rings. The predicted molar refractivity (Wildman–Crippen MR) is 70.0 cm³/mol. The molecular weight excluding hydrogens is 242 g/mol. The van der Waals surface area contributed by atoms with Gasteiger partial charge in [0.2, 0.25) is 0 Å². The minimum atomic E-state index is -0.346. The van der Waals surface area contributed by atoms with Crippen LogP contribution in [0.3, 0.4) is 0 Å². The van der Waals surface area contributed by atoms with Crippen LogP contribution in [0.4, 0.5) is 0 Å². The van der Waals surface area contributed by atoms with Gasteiger partial charge in [-0.15, -0.1) is 0 Å². The lowest BCUT2D eigenvalue weighted by molar-refractivity contribution is 0.0591. The van der Waals surface area contributed by atoms with Gasteiger partial charge in [-0.3, -0.25) is 0 Å². The molecule has 0 amide bonds. The molecule has 5 heteroatoms. The molecule has 0 saturated heterocycles. The zero-order valence-corrected chi connectivity index (χ0v) is 11.2. The molecule has 0 bridgehead atoms. The summed E-state index contributed by atoms with van der Waals surface area (Å²) >= 11 is 0. The Kier molecular flexibility index (Phi) is 3.46. The van der Waals surface area contributed by atoms with E-state index in [0.717, 1.165) is 42.9 Å². The smallest absolute Gasteiger partial charge is 0.357 e. The van der Waals surface area contributed by atoms with Crippen molar-refractivity contribution in [3.63, 3.8) is 0 Å². The van der Waals surface area contributed by atoms with Gasteiger partial charge in [-0.2, -0.15) is 0 Å². The van der Waals surface area contributed by atoms with Gasteiger partial charge in [0.15, 0.2) is 5.69 Å². The van der Waals surface area contributed by atoms with E-state index in [9.17, 15) is 4.79 Å². The number of nitrogens with zero attached hydrogens (tertiary/aromatic N) is 2.